The molecule has 0 aliphatic carbocycles. The molecule has 28 heavy (non-hydrogen) atoms. The van der Waals surface area contributed by atoms with Crippen LogP contribution in [0.4, 0.5) is 22.7 Å². The summed E-state index contributed by atoms with van der Waals surface area (Å²) >= 11 is 0. The number of para-hydroxylation sites is 1. The summed E-state index contributed by atoms with van der Waals surface area (Å²) in [4.78, 5) is 12.7. The third-order valence-electron chi connectivity index (χ3n) is 4.33. The lowest BCUT2D eigenvalue weighted by Gasteiger charge is -2.27. The minimum atomic E-state index is -0.395. The van der Waals surface area contributed by atoms with Crippen LogP contribution in [0.2, 0.25) is 0 Å². The number of anilines is 3. The van der Waals surface area contributed by atoms with E-state index < -0.39 is 4.92 Å². The second kappa shape index (κ2) is 9.01. The van der Waals surface area contributed by atoms with Crippen LogP contribution in [0.25, 0.3) is 0 Å². The van der Waals surface area contributed by atoms with Crippen LogP contribution in [0.5, 0.6) is 5.75 Å². The summed E-state index contributed by atoms with van der Waals surface area (Å²) in [6.45, 7) is 3.05. The number of benzene rings is 3. The van der Waals surface area contributed by atoms with Crippen molar-refractivity contribution >= 4 is 22.7 Å². The van der Waals surface area contributed by atoms with E-state index in [0.717, 1.165) is 28.4 Å². The van der Waals surface area contributed by atoms with Gasteiger partial charge < -0.3 is 14.4 Å². The number of aryl methyl sites for hydroxylation is 1. The van der Waals surface area contributed by atoms with Crippen LogP contribution in [0.3, 0.4) is 0 Å². The highest BCUT2D eigenvalue weighted by Gasteiger charge is 2.15. The minimum absolute atomic E-state index is 0.0652. The Labute approximate surface area is 164 Å². The maximum absolute atomic E-state index is 11.0. The van der Waals surface area contributed by atoms with Gasteiger partial charge in [-0.15, -0.1) is 0 Å². The summed E-state index contributed by atoms with van der Waals surface area (Å²) in [6, 6.07) is 22.3. The molecule has 144 valence electrons. The molecule has 6 heteroatoms. The molecule has 0 aromatic heterocycles. The van der Waals surface area contributed by atoms with E-state index in [1.807, 2.05) is 55.5 Å². The first-order chi connectivity index (χ1) is 13.6. The highest BCUT2D eigenvalue weighted by Crippen LogP contribution is 2.37. The second-order valence-corrected chi connectivity index (χ2v) is 6.23. The summed E-state index contributed by atoms with van der Waals surface area (Å²) in [5.74, 6) is 0.759. The van der Waals surface area contributed by atoms with Gasteiger partial charge in [0.1, 0.15) is 12.4 Å². The Balaban J connectivity index is 1.97. The van der Waals surface area contributed by atoms with E-state index in [1.54, 1.807) is 19.2 Å². The molecule has 0 N–H and O–H groups in total. The van der Waals surface area contributed by atoms with Gasteiger partial charge in [-0.3, -0.25) is 10.1 Å². The normalized spacial score (nSPS) is 10.5. The van der Waals surface area contributed by atoms with Crippen molar-refractivity contribution in [1.82, 2.24) is 0 Å². The Morgan fingerprint density at radius 2 is 1.50 bits per heavy atom. The van der Waals surface area contributed by atoms with Gasteiger partial charge in [0.15, 0.2) is 0 Å². The minimum Gasteiger partial charge on any atom is -0.491 e. The fraction of sp³-hybridized carbons (Fsp3) is 0.182. The molecule has 0 aliphatic heterocycles. The predicted molar refractivity (Wildman–Crippen MR) is 110 cm³/mol. The van der Waals surface area contributed by atoms with Gasteiger partial charge in [-0.25, -0.2) is 0 Å². The molecule has 0 fully saturated rings. The molecular formula is C22H22N2O4. The number of non-ortho nitro benzene ring substituents is 1. The summed E-state index contributed by atoms with van der Waals surface area (Å²) in [6.07, 6.45) is 0. The highest BCUT2D eigenvalue weighted by molar-refractivity contribution is 5.78. The molecule has 0 unspecified atom stereocenters. The first-order valence-electron chi connectivity index (χ1n) is 8.92. The quantitative estimate of drug-likeness (QED) is 0.298. The Bertz CT molecular complexity index is 924. The standard InChI is InChI=1S/C22H22N2O4/c1-17-5-3-4-6-22(17)23(18-7-9-20(10-8-18)24(25)26)19-11-13-21(14-12-19)28-16-15-27-2/h3-14H,15-16H2,1-2H3. The molecular weight excluding hydrogens is 356 g/mol. The van der Waals surface area contributed by atoms with Gasteiger partial charge in [0, 0.05) is 36.3 Å². The molecule has 0 atom stereocenters. The molecule has 0 saturated carbocycles. The lowest BCUT2D eigenvalue weighted by Crippen LogP contribution is -2.11. The summed E-state index contributed by atoms with van der Waals surface area (Å²) in [7, 11) is 1.64. The number of hydrogen-bond acceptors (Lipinski definition) is 5. The number of nitro groups is 1. The maximum Gasteiger partial charge on any atom is 0.269 e. The smallest absolute Gasteiger partial charge is 0.269 e. The number of methoxy groups -OCH3 is 1. The Morgan fingerprint density at radius 3 is 2.07 bits per heavy atom. The van der Waals surface area contributed by atoms with E-state index in [2.05, 4.69) is 4.90 Å². The first kappa shape index (κ1) is 19.4. The third-order valence-corrected chi connectivity index (χ3v) is 4.33. The van der Waals surface area contributed by atoms with Crippen LogP contribution in [-0.4, -0.2) is 25.2 Å². The topological polar surface area (TPSA) is 64.8 Å². The Morgan fingerprint density at radius 1 is 0.893 bits per heavy atom. The van der Waals surface area contributed by atoms with Crippen molar-refractivity contribution in [3.63, 3.8) is 0 Å². The molecule has 0 spiro atoms. The van der Waals surface area contributed by atoms with Crippen LogP contribution < -0.4 is 9.64 Å². The zero-order chi connectivity index (χ0) is 19.9. The second-order valence-electron chi connectivity index (χ2n) is 6.23. The monoisotopic (exact) mass is 378 g/mol. The van der Waals surface area contributed by atoms with Crippen molar-refractivity contribution in [3.05, 3.63) is 88.5 Å². The number of rotatable bonds is 8. The van der Waals surface area contributed by atoms with Gasteiger partial charge in [0.25, 0.3) is 5.69 Å². The van der Waals surface area contributed by atoms with Crippen molar-refractivity contribution in [1.29, 1.82) is 0 Å². The van der Waals surface area contributed by atoms with Crippen molar-refractivity contribution in [2.45, 2.75) is 6.92 Å². The van der Waals surface area contributed by atoms with Crippen LogP contribution in [0.15, 0.2) is 72.8 Å². The van der Waals surface area contributed by atoms with Gasteiger partial charge in [0.05, 0.1) is 11.5 Å². The molecule has 3 rings (SSSR count). The van der Waals surface area contributed by atoms with E-state index in [4.69, 9.17) is 9.47 Å². The molecule has 0 aliphatic rings. The van der Waals surface area contributed by atoms with Gasteiger partial charge >= 0.3 is 0 Å². The molecule has 0 bridgehead atoms. The van der Waals surface area contributed by atoms with Gasteiger partial charge in [-0.05, 0) is 55.0 Å². The Kier molecular flexibility index (Phi) is 6.24. The average Bonchev–Trinajstić information content (AvgIpc) is 2.71. The zero-order valence-electron chi connectivity index (χ0n) is 15.9. The maximum atomic E-state index is 11.0. The Hall–Kier alpha value is -3.38. The van der Waals surface area contributed by atoms with Crippen LogP contribution in [0.1, 0.15) is 5.56 Å². The van der Waals surface area contributed by atoms with Crippen LogP contribution >= 0.6 is 0 Å². The molecule has 3 aromatic rings. The summed E-state index contributed by atoms with van der Waals surface area (Å²) in [5, 5.41) is 11.0. The largest absolute Gasteiger partial charge is 0.491 e. The molecule has 0 saturated heterocycles. The molecule has 3 aromatic carbocycles. The molecule has 0 heterocycles. The lowest BCUT2D eigenvalue weighted by atomic mass is 10.1. The molecule has 0 radical (unpaired) electrons. The fourth-order valence-electron chi connectivity index (χ4n) is 2.90. The third kappa shape index (κ3) is 4.47. The van der Waals surface area contributed by atoms with E-state index in [0.29, 0.717) is 13.2 Å². The van der Waals surface area contributed by atoms with E-state index >= 15 is 0 Å². The van der Waals surface area contributed by atoms with E-state index in [9.17, 15) is 10.1 Å². The van der Waals surface area contributed by atoms with Crippen molar-refractivity contribution in [2.75, 3.05) is 25.2 Å². The highest BCUT2D eigenvalue weighted by atomic mass is 16.6. The summed E-state index contributed by atoms with van der Waals surface area (Å²) in [5.41, 5.74) is 3.94. The van der Waals surface area contributed by atoms with Gasteiger partial charge in [-0.2, -0.15) is 0 Å². The van der Waals surface area contributed by atoms with Crippen molar-refractivity contribution in [2.24, 2.45) is 0 Å². The number of nitrogens with zero attached hydrogens (tertiary/aromatic N) is 2. The van der Waals surface area contributed by atoms with Crippen LogP contribution in [-0.2, 0) is 4.74 Å². The van der Waals surface area contributed by atoms with Crippen molar-refractivity contribution < 1.29 is 14.4 Å². The van der Waals surface area contributed by atoms with E-state index in [1.165, 1.54) is 12.1 Å². The lowest BCUT2D eigenvalue weighted by molar-refractivity contribution is -0.384. The number of hydrogen-bond donors (Lipinski definition) is 0. The van der Waals surface area contributed by atoms with Crippen molar-refractivity contribution in [3.8, 4) is 5.75 Å². The van der Waals surface area contributed by atoms with Crippen LogP contribution in [0, 0.1) is 17.0 Å². The average molecular weight is 378 g/mol. The predicted octanol–water partition coefficient (Wildman–Crippen LogP) is 5.40. The fourth-order valence-corrected chi connectivity index (χ4v) is 2.90. The zero-order valence-corrected chi connectivity index (χ0v) is 15.9. The van der Waals surface area contributed by atoms with Gasteiger partial charge in [0.2, 0.25) is 0 Å². The van der Waals surface area contributed by atoms with E-state index in [-0.39, 0.29) is 5.69 Å². The first-order valence-corrected chi connectivity index (χ1v) is 8.92. The number of ether oxygens (including phenoxy) is 2. The van der Waals surface area contributed by atoms with Gasteiger partial charge in [-0.1, -0.05) is 18.2 Å². The number of nitro benzene ring substituents is 1. The molecule has 0 amide bonds. The molecule has 6 nitrogen and oxygen atoms in total. The SMILES string of the molecule is COCCOc1ccc(N(c2ccc([N+](=O)[O-])cc2)c2ccccc2C)cc1. The summed E-state index contributed by atoms with van der Waals surface area (Å²) < 4.78 is 10.6.